The fourth-order valence-electron chi connectivity index (χ4n) is 1.78. The molecule has 0 aliphatic rings. The first-order valence-electron chi connectivity index (χ1n) is 5.73. The first-order valence-corrected chi connectivity index (χ1v) is 5.73. The second-order valence-electron chi connectivity index (χ2n) is 3.82. The number of aromatic amines is 1. The zero-order valence-electron chi connectivity index (χ0n) is 10.2. The average molecular weight is 231 g/mol. The number of ether oxygens (including phenoxy) is 1. The van der Waals surface area contributed by atoms with Crippen molar-refractivity contribution in [3.8, 4) is 17.0 Å². The Labute approximate surface area is 101 Å². The van der Waals surface area contributed by atoms with Crippen LogP contribution in [0.25, 0.3) is 11.3 Å². The summed E-state index contributed by atoms with van der Waals surface area (Å²) in [6.45, 7) is 5.08. The Bertz CT molecular complexity index is 488. The Balaban J connectivity index is 2.29. The topological polar surface area (TPSA) is 63.9 Å². The van der Waals surface area contributed by atoms with Gasteiger partial charge in [-0.1, -0.05) is 0 Å². The highest BCUT2D eigenvalue weighted by Crippen LogP contribution is 2.23. The van der Waals surface area contributed by atoms with Crippen LogP contribution in [-0.2, 0) is 6.54 Å². The van der Waals surface area contributed by atoms with Crippen LogP contribution in [0.4, 0.5) is 0 Å². The molecular formula is C13H17N3O. The summed E-state index contributed by atoms with van der Waals surface area (Å²) in [6, 6.07) is 7.92. The van der Waals surface area contributed by atoms with Crippen molar-refractivity contribution in [3.63, 3.8) is 0 Å². The summed E-state index contributed by atoms with van der Waals surface area (Å²) >= 11 is 0. The maximum atomic E-state index is 5.56. The number of nitrogens with zero attached hydrogens (tertiary/aromatic N) is 1. The van der Waals surface area contributed by atoms with Crippen molar-refractivity contribution in [1.82, 2.24) is 9.97 Å². The van der Waals surface area contributed by atoms with E-state index >= 15 is 0 Å². The molecule has 0 aliphatic heterocycles. The number of hydrogen-bond donors (Lipinski definition) is 2. The monoisotopic (exact) mass is 231 g/mol. The molecule has 1 heterocycles. The van der Waals surface area contributed by atoms with Crippen LogP contribution in [0.1, 0.15) is 18.4 Å². The fraction of sp³-hybridized carbons (Fsp3) is 0.308. The van der Waals surface area contributed by atoms with Gasteiger partial charge in [0.15, 0.2) is 0 Å². The van der Waals surface area contributed by atoms with Crippen molar-refractivity contribution in [2.45, 2.75) is 20.4 Å². The van der Waals surface area contributed by atoms with Gasteiger partial charge in [0.2, 0.25) is 0 Å². The van der Waals surface area contributed by atoms with Gasteiger partial charge in [-0.3, -0.25) is 0 Å². The summed E-state index contributed by atoms with van der Waals surface area (Å²) in [4.78, 5) is 7.62. The summed E-state index contributed by atoms with van der Waals surface area (Å²) in [6.07, 6.45) is 0. The number of aryl methyl sites for hydroxylation is 1. The molecule has 17 heavy (non-hydrogen) atoms. The lowest BCUT2D eigenvalue weighted by molar-refractivity contribution is 0.340. The molecule has 4 heteroatoms. The second-order valence-corrected chi connectivity index (χ2v) is 3.82. The quantitative estimate of drug-likeness (QED) is 0.848. The molecule has 0 aliphatic carbocycles. The highest BCUT2D eigenvalue weighted by Gasteiger charge is 2.07. The van der Waals surface area contributed by atoms with Gasteiger partial charge in [-0.25, -0.2) is 4.98 Å². The van der Waals surface area contributed by atoms with Crippen LogP contribution in [0.3, 0.4) is 0 Å². The van der Waals surface area contributed by atoms with Crippen molar-refractivity contribution in [2.75, 3.05) is 6.61 Å². The number of rotatable bonds is 4. The summed E-state index contributed by atoms with van der Waals surface area (Å²) in [5.41, 5.74) is 8.62. The largest absolute Gasteiger partial charge is 0.494 e. The molecule has 90 valence electrons. The minimum atomic E-state index is 0.428. The Kier molecular flexibility index (Phi) is 3.44. The van der Waals surface area contributed by atoms with E-state index in [1.54, 1.807) is 0 Å². The van der Waals surface area contributed by atoms with Crippen LogP contribution in [-0.4, -0.2) is 16.6 Å². The highest BCUT2D eigenvalue weighted by molar-refractivity contribution is 5.62. The predicted octanol–water partition coefficient (Wildman–Crippen LogP) is 2.24. The van der Waals surface area contributed by atoms with Crippen LogP contribution >= 0.6 is 0 Å². The zero-order chi connectivity index (χ0) is 12.3. The molecule has 3 N–H and O–H groups in total. The number of aromatic nitrogens is 2. The molecule has 0 bridgehead atoms. The third-order valence-electron chi connectivity index (χ3n) is 2.57. The summed E-state index contributed by atoms with van der Waals surface area (Å²) < 4.78 is 5.41. The number of nitrogens with two attached hydrogens (primary N) is 1. The van der Waals surface area contributed by atoms with E-state index in [1.165, 1.54) is 0 Å². The van der Waals surface area contributed by atoms with E-state index in [2.05, 4.69) is 9.97 Å². The van der Waals surface area contributed by atoms with Crippen molar-refractivity contribution in [2.24, 2.45) is 5.73 Å². The Morgan fingerprint density at radius 1 is 1.29 bits per heavy atom. The summed E-state index contributed by atoms with van der Waals surface area (Å²) in [7, 11) is 0. The first-order chi connectivity index (χ1) is 8.24. The second kappa shape index (κ2) is 5.01. The molecule has 0 saturated heterocycles. The van der Waals surface area contributed by atoms with E-state index in [9.17, 15) is 0 Å². The molecule has 2 aromatic rings. The van der Waals surface area contributed by atoms with Gasteiger partial charge in [-0.15, -0.1) is 0 Å². The zero-order valence-corrected chi connectivity index (χ0v) is 10.2. The van der Waals surface area contributed by atoms with Crippen LogP contribution in [0.15, 0.2) is 24.3 Å². The number of hydrogen-bond acceptors (Lipinski definition) is 3. The Morgan fingerprint density at radius 3 is 2.53 bits per heavy atom. The van der Waals surface area contributed by atoms with Crippen LogP contribution in [0.2, 0.25) is 0 Å². The lowest BCUT2D eigenvalue weighted by Gasteiger charge is -2.03. The summed E-state index contributed by atoms with van der Waals surface area (Å²) in [5, 5.41) is 0. The van der Waals surface area contributed by atoms with Gasteiger partial charge in [0.05, 0.1) is 18.8 Å². The normalized spacial score (nSPS) is 10.5. The number of benzene rings is 1. The Hall–Kier alpha value is -1.81. The Morgan fingerprint density at radius 2 is 2.00 bits per heavy atom. The van der Waals surface area contributed by atoms with Gasteiger partial charge in [-0.05, 0) is 38.1 Å². The maximum Gasteiger partial charge on any atom is 0.120 e. The highest BCUT2D eigenvalue weighted by atomic mass is 16.5. The molecule has 4 nitrogen and oxygen atoms in total. The van der Waals surface area contributed by atoms with Crippen molar-refractivity contribution < 1.29 is 4.74 Å². The first kappa shape index (κ1) is 11.7. The van der Waals surface area contributed by atoms with Crippen LogP contribution in [0.5, 0.6) is 5.75 Å². The molecule has 0 atom stereocenters. The molecule has 0 unspecified atom stereocenters. The van der Waals surface area contributed by atoms with Crippen molar-refractivity contribution in [3.05, 3.63) is 35.8 Å². The molecule has 0 amide bonds. The minimum Gasteiger partial charge on any atom is -0.494 e. The summed E-state index contributed by atoms with van der Waals surface area (Å²) in [5.74, 6) is 1.69. The van der Waals surface area contributed by atoms with Gasteiger partial charge < -0.3 is 15.5 Å². The van der Waals surface area contributed by atoms with Gasteiger partial charge in [0, 0.05) is 11.3 Å². The fourth-order valence-corrected chi connectivity index (χ4v) is 1.78. The average Bonchev–Trinajstić information content (AvgIpc) is 2.72. The van der Waals surface area contributed by atoms with E-state index < -0.39 is 0 Å². The minimum absolute atomic E-state index is 0.428. The van der Waals surface area contributed by atoms with E-state index in [4.69, 9.17) is 10.5 Å². The molecule has 0 radical (unpaired) electrons. The SMILES string of the molecule is CCOc1ccc(-c2nc(CN)[nH]c2C)cc1. The molecule has 0 saturated carbocycles. The van der Waals surface area contributed by atoms with Crippen LogP contribution in [0, 0.1) is 6.92 Å². The van der Waals surface area contributed by atoms with E-state index in [-0.39, 0.29) is 0 Å². The molecule has 0 spiro atoms. The maximum absolute atomic E-state index is 5.56. The van der Waals surface area contributed by atoms with Gasteiger partial charge in [0.25, 0.3) is 0 Å². The molecule has 0 fully saturated rings. The number of imidazole rings is 1. The van der Waals surface area contributed by atoms with Crippen molar-refractivity contribution in [1.29, 1.82) is 0 Å². The van der Waals surface area contributed by atoms with E-state index in [0.29, 0.717) is 13.2 Å². The molecular weight excluding hydrogens is 214 g/mol. The van der Waals surface area contributed by atoms with Crippen LogP contribution < -0.4 is 10.5 Å². The smallest absolute Gasteiger partial charge is 0.120 e. The number of nitrogens with one attached hydrogen (secondary N) is 1. The molecule has 1 aromatic heterocycles. The van der Waals surface area contributed by atoms with Gasteiger partial charge >= 0.3 is 0 Å². The number of H-pyrrole nitrogens is 1. The lowest BCUT2D eigenvalue weighted by Crippen LogP contribution is -1.97. The molecule has 2 rings (SSSR count). The van der Waals surface area contributed by atoms with Gasteiger partial charge in [-0.2, -0.15) is 0 Å². The van der Waals surface area contributed by atoms with Gasteiger partial charge in [0.1, 0.15) is 11.6 Å². The predicted molar refractivity (Wildman–Crippen MR) is 67.8 cm³/mol. The lowest BCUT2D eigenvalue weighted by atomic mass is 10.1. The molecule has 1 aromatic carbocycles. The van der Waals surface area contributed by atoms with E-state index in [0.717, 1.165) is 28.5 Å². The third-order valence-corrected chi connectivity index (χ3v) is 2.57. The third kappa shape index (κ3) is 2.47. The standard InChI is InChI=1S/C13H17N3O/c1-3-17-11-6-4-10(5-7-11)13-9(2)15-12(8-14)16-13/h4-7H,3,8,14H2,1-2H3,(H,15,16). The van der Waals surface area contributed by atoms with Crippen molar-refractivity contribution >= 4 is 0 Å². The van der Waals surface area contributed by atoms with E-state index in [1.807, 2.05) is 38.1 Å².